The first-order valence-electron chi connectivity index (χ1n) is 14.1. The molecule has 2 amide bonds. The van der Waals surface area contributed by atoms with Gasteiger partial charge in [0.1, 0.15) is 17.7 Å². The third-order valence-corrected chi connectivity index (χ3v) is 8.31. The maximum atomic E-state index is 13.5. The summed E-state index contributed by atoms with van der Waals surface area (Å²) in [4.78, 5) is 40.7. The molecule has 1 heterocycles. The average Bonchev–Trinajstić information content (AvgIpc) is 2.96. The smallest absolute Gasteiger partial charge is 0.238 e. The summed E-state index contributed by atoms with van der Waals surface area (Å²) >= 11 is 12.5. The molecule has 1 aliphatic rings. The van der Waals surface area contributed by atoms with Gasteiger partial charge in [-0.05, 0) is 73.8 Å². The lowest BCUT2D eigenvalue weighted by Crippen LogP contribution is -2.59. The highest BCUT2D eigenvalue weighted by Gasteiger charge is 2.31. The second kappa shape index (κ2) is 17.8. The normalized spacial score (nSPS) is 15.2. The molecule has 0 spiro atoms. The number of halogens is 6. The minimum Gasteiger partial charge on any atom is -0.368 e. The van der Waals surface area contributed by atoms with Crippen molar-refractivity contribution in [3.63, 3.8) is 0 Å². The number of Topliss-reactive ketones (excluding diaryl/α,β-unsaturated/α-hetero) is 1. The molecule has 0 radical (unpaired) electrons. The largest absolute Gasteiger partial charge is 0.368 e. The maximum Gasteiger partial charge on any atom is 0.238 e. The zero-order chi connectivity index (χ0) is 31.1. The summed E-state index contributed by atoms with van der Waals surface area (Å²) in [5.74, 6) is -1.67. The van der Waals surface area contributed by atoms with Gasteiger partial charge in [0.05, 0.1) is 22.3 Å². The van der Waals surface area contributed by atoms with Gasteiger partial charge >= 0.3 is 0 Å². The van der Waals surface area contributed by atoms with E-state index in [1.54, 1.807) is 24.3 Å². The summed E-state index contributed by atoms with van der Waals surface area (Å²) in [6, 6.07) is 15.1. The standard InChI is InChI=1S/C32H34Cl2F2N4O3.2ClH/c1-20(41)23-16-27(33)31(28(34)17-23)38-30(42)19-39-14-15-40(29(18-39)32(37)43)13-3-2-4-26(21-5-9-24(35)10-6-21)22-7-11-25(36)12-8-22;;/h5-12,16-17,26,29H,2-4,13-15,18-19H2,1H3,(H2,37,43)(H,38,42);2*1H. The van der Waals surface area contributed by atoms with E-state index in [-0.39, 0.29) is 76.3 Å². The first-order chi connectivity index (χ1) is 20.5. The van der Waals surface area contributed by atoms with Crippen LogP contribution in [0.5, 0.6) is 0 Å². The van der Waals surface area contributed by atoms with Crippen LogP contribution < -0.4 is 11.1 Å². The van der Waals surface area contributed by atoms with Gasteiger partial charge in [0.15, 0.2) is 5.78 Å². The summed E-state index contributed by atoms with van der Waals surface area (Å²) in [5.41, 5.74) is 8.22. The van der Waals surface area contributed by atoms with Gasteiger partial charge in [0.25, 0.3) is 0 Å². The Balaban J connectivity index is 0.00000353. The number of primary amides is 1. The van der Waals surface area contributed by atoms with E-state index in [9.17, 15) is 23.2 Å². The summed E-state index contributed by atoms with van der Waals surface area (Å²) in [5, 5.41) is 3.02. The number of nitrogens with zero attached hydrogens (tertiary/aromatic N) is 2. The monoisotopic (exact) mass is 702 g/mol. The summed E-state index contributed by atoms with van der Waals surface area (Å²) in [6.07, 6.45) is 2.37. The lowest BCUT2D eigenvalue weighted by Gasteiger charge is -2.39. The van der Waals surface area contributed by atoms with Gasteiger partial charge in [0.2, 0.25) is 11.8 Å². The zero-order valence-corrected chi connectivity index (χ0v) is 27.8. The number of benzene rings is 3. The molecule has 4 rings (SSSR count). The SMILES string of the molecule is CC(=O)c1cc(Cl)c(NC(=O)CN2CCN(CCCCC(c3ccc(F)cc3)c3ccc(F)cc3)C(C(N)=O)C2)c(Cl)c1.Cl.Cl. The number of amides is 2. The Morgan fingerprint density at radius 2 is 1.44 bits per heavy atom. The van der Waals surface area contributed by atoms with Crippen molar-refractivity contribution in [2.45, 2.75) is 38.1 Å². The van der Waals surface area contributed by atoms with E-state index in [0.717, 1.165) is 30.4 Å². The molecule has 244 valence electrons. The van der Waals surface area contributed by atoms with Crippen LogP contribution in [-0.2, 0) is 9.59 Å². The van der Waals surface area contributed by atoms with Gasteiger partial charge in [-0.2, -0.15) is 0 Å². The molecule has 1 atom stereocenters. The third kappa shape index (κ3) is 10.6. The van der Waals surface area contributed by atoms with Crippen LogP contribution in [0.2, 0.25) is 10.0 Å². The van der Waals surface area contributed by atoms with E-state index in [4.69, 9.17) is 28.9 Å². The first kappa shape index (κ1) is 38.4. The molecule has 3 aromatic carbocycles. The molecule has 0 bridgehead atoms. The highest BCUT2D eigenvalue weighted by atomic mass is 35.5. The van der Waals surface area contributed by atoms with Gasteiger partial charge < -0.3 is 11.1 Å². The van der Waals surface area contributed by atoms with Gasteiger partial charge in [-0.3, -0.25) is 24.2 Å². The highest BCUT2D eigenvalue weighted by Crippen LogP contribution is 2.33. The number of unbranched alkanes of at least 4 members (excludes halogenated alkanes) is 1. The molecule has 0 aliphatic carbocycles. The van der Waals surface area contributed by atoms with Crippen molar-refractivity contribution < 1.29 is 23.2 Å². The Labute approximate surface area is 284 Å². The molecular weight excluding hydrogens is 668 g/mol. The average molecular weight is 704 g/mol. The maximum absolute atomic E-state index is 13.5. The number of carbonyl (C=O) groups is 3. The highest BCUT2D eigenvalue weighted by molar-refractivity contribution is 6.40. The molecule has 0 saturated carbocycles. The van der Waals surface area contributed by atoms with Crippen LogP contribution in [0.1, 0.15) is 53.6 Å². The fourth-order valence-corrected chi connectivity index (χ4v) is 6.00. The van der Waals surface area contributed by atoms with E-state index in [2.05, 4.69) is 5.32 Å². The van der Waals surface area contributed by atoms with Crippen molar-refractivity contribution >= 4 is 71.3 Å². The van der Waals surface area contributed by atoms with Crippen LogP contribution in [-0.4, -0.2) is 66.2 Å². The van der Waals surface area contributed by atoms with Crippen LogP contribution in [0.25, 0.3) is 0 Å². The molecular formula is C32H36Cl4F2N4O3. The molecule has 3 aromatic rings. The topological polar surface area (TPSA) is 95.7 Å². The van der Waals surface area contributed by atoms with Crippen molar-refractivity contribution in [3.05, 3.63) is 99.0 Å². The molecule has 0 aromatic heterocycles. The second-order valence-electron chi connectivity index (χ2n) is 10.8. The van der Waals surface area contributed by atoms with Crippen LogP contribution >= 0.6 is 48.0 Å². The van der Waals surface area contributed by atoms with Gasteiger partial charge in [-0.15, -0.1) is 24.8 Å². The Hall–Kier alpha value is -2.79. The van der Waals surface area contributed by atoms with E-state index in [1.807, 2.05) is 9.80 Å². The lowest BCUT2D eigenvalue weighted by atomic mass is 9.87. The number of ketones is 1. The number of hydrogen-bond donors (Lipinski definition) is 2. The number of nitrogens with two attached hydrogens (primary N) is 1. The van der Waals surface area contributed by atoms with E-state index < -0.39 is 11.9 Å². The van der Waals surface area contributed by atoms with E-state index in [1.165, 1.54) is 43.3 Å². The van der Waals surface area contributed by atoms with Gasteiger partial charge in [-0.1, -0.05) is 53.9 Å². The van der Waals surface area contributed by atoms with Crippen LogP contribution in [0, 0.1) is 11.6 Å². The summed E-state index contributed by atoms with van der Waals surface area (Å²) in [6.45, 7) is 3.44. The predicted octanol–water partition coefficient (Wildman–Crippen LogP) is 6.73. The Morgan fingerprint density at radius 3 is 1.93 bits per heavy atom. The molecule has 13 heteroatoms. The van der Waals surface area contributed by atoms with E-state index >= 15 is 0 Å². The summed E-state index contributed by atoms with van der Waals surface area (Å²) in [7, 11) is 0. The minimum atomic E-state index is -0.562. The van der Waals surface area contributed by atoms with Crippen LogP contribution in [0.3, 0.4) is 0 Å². The Morgan fingerprint density at radius 1 is 0.911 bits per heavy atom. The number of anilines is 1. The number of rotatable bonds is 12. The second-order valence-corrected chi connectivity index (χ2v) is 11.6. The van der Waals surface area contributed by atoms with Crippen molar-refractivity contribution in [2.75, 3.05) is 38.0 Å². The lowest BCUT2D eigenvalue weighted by molar-refractivity contribution is -0.127. The quantitative estimate of drug-likeness (QED) is 0.161. The number of hydrogen-bond acceptors (Lipinski definition) is 5. The molecule has 1 unspecified atom stereocenters. The number of carbonyl (C=O) groups excluding carboxylic acids is 3. The van der Waals surface area contributed by atoms with Crippen molar-refractivity contribution in [2.24, 2.45) is 5.73 Å². The summed E-state index contributed by atoms with van der Waals surface area (Å²) < 4.78 is 27.1. The zero-order valence-electron chi connectivity index (χ0n) is 24.6. The van der Waals surface area contributed by atoms with Crippen molar-refractivity contribution in [1.29, 1.82) is 0 Å². The Kier molecular flexibility index (Phi) is 15.2. The number of piperazine rings is 1. The number of nitrogens with one attached hydrogen (secondary N) is 1. The van der Waals surface area contributed by atoms with Crippen molar-refractivity contribution in [3.8, 4) is 0 Å². The van der Waals surface area contributed by atoms with E-state index in [0.29, 0.717) is 31.7 Å². The Bertz CT molecular complexity index is 1390. The first-order valence-corrected chi connectivity index (χ1v) is 14.8. The van der Waals surface area contributed by atoms with Gasteiger partial charge in [0, 0.05) is 31.1 Å². The third-order valence-electron chi connectivity index (χ3n) is 7.72. The van der Waals surface area contributed by atoms with Crippen LogP contribution in [0.4, 0.5) is 14.5 Å². The molecule has 7 nitrogen and oxygen atoms in total. The minimum absolute atomic E-state index is 0. The molecule has 1 aliphatic heterocycles. The fourth-order valence-electron chi connectivity index (χ4n) is 5.42. The van der Waals surface area contributed by atoms with Crippen LogP contribution in [0.15, 0.2) is 60.7 Å². The van der Waals surface area contributed by atoms with Gasteiger partial charge in [-0.25, -0.2) is 8.78 Å². The molecule has 45 heavy (non-hydrogen) atoms. The molecule has 3 N–H and O–H groups in total. The molecule has 1 fully saturated rings. The van der Waals surface area contributed by atoms with Crippen molar-refractivity contribution in [1.82, 2.24) is 9.80 Å². The molecule has 1 saturated heterocycles. The fraction of sp³-hybridized carbons (Fsp3) is 0.344. The predicted molar refractivity (Wildman–Crippen MR) is 179 cm³/mol.